The van der Waals surface area contributed by atoms with Gasteiger partial charge in [-0.25, -0.2) is 13.2 Å². The van der Waals surface area contributed by atoms with E-state index in [2.05, 4.69) is 10.1 Å². The van der Waals surface area contributed by atoms with Crippen molar-refractivity contribution >= 4 is 27.6 Å². The Kier molecular flexibility index (Phi) is 5.57. The maximum Gasteiger partial charge on any atom is 0.354 e. The van der Waals surface area contributed by atoms with E-state index in [1.807, 2.05) is 25.1 Å². The second-order valence-corrected chi connectivity index (χ2v) is 8.69. The summed E-state index contributed by atoms with van der Waals surface area (Å²) in [5, 5.41) is 2.80. The first-order chi connectivity index (χ1) is 13.2. The number of sulfonamides is 1. The summed E-state index contributed by atoms with van der Waals surface area (Å²) in [5.74, 6) is -0.991. The number of rotatable bonds is 5. The van der Waals surface area contributed by atoms with Crippen LogP contribution in [0, 0.1) is 6.92 Å². The smallest absolute Gasteiger partial charge is 0.354 e. The number of nitrogens with zero attached hydrogens (tertiary/aromatic N) is 2. The molecule has 1 amide bonds. The Bertz CT molecular complexity index is 1010. The highest BCUT2D eigenvalue weighted by atomic mass is 32.2. The van der Waals surface area contributed by atoms with E-state index in [1.165, 1.54) is 28.2 Å². The van der Waals surface area contributed by atoms with E-state index in [0.29, 0.717) is 18.5 Å². The molecule has 0 saturated carbocycles. The highest BCUT2D eigenvalue weighted by molar-refractivity contribution is 7.89. The Morgan fingerprint density at radius 2 is 2.00 bits per heavy atom. The molecule has 1 fully saturated rings. The fraction of sp³-hybridized carbons (Fsp3) is 0.368. The molecule has 1 aromatic carbocycles. The molecular formula is C19H23N3O5S. The van der Waals surface area contributed by atoms with Gasteiger partial charge in [-0.05, 0) is 43.5 Å². The number of methoxy groups -OCH3 is 1. The van der Waals surface area contributed by atoms with Crippen molar-refractivity contribution in [1.29, 1.82) is 0 Å². The monoisotopic (exact) mass is 405 g/mol. The number of carbonyl (C=O) groups is 2. The lowest BCUT2D eigenvalue weighted by Crippen LogP contribution is -2.43. The molecule has 0 aliphatic carbocycles. The highest BCUT2D eigenvalue weighted by Gasteiger charge is 2.40. The molecule has 28 heavy (non-hydrogen) atoms. The van der Waals surface area contributed by atoms with E-state index in [1.54, 1.807) is 13.1 Å². The number of aromatic nitrogens is 1. The fourth-order valence-electron chi connectivity index (χ4n) is 3.36. The van der Waals surface area contributed by atoms with Gasteiger partial charge in [0.2, 0.25) is 15.9 Å². The first kappa shape index (κ1) is 20.1. The molecule has 150 valence electrons. The van der Waals surface area contributed by atoms with Crippen molar-refractivity contribution < 1.29 is 22.7 Å². The van der Waals surface area contributed by atoms with Gasteiger partial charge in [0, 0.05) is 25.5 Å². The summed E-state index contributed by atoms with van der Waals surface area (Å²) in [6, 6.07) is 7.80. The van der Waals surface area contributed by atoms with Crippen molar-refractivity contribution in [1.82, 2.24) is 8.87 Å². The number of nitrogens with one attached hydrogen (secondary N) is 1. The average Bonchev–Trinajstić information content (AvgIpc) is 3.28. The summed E-state index contributed by atoms with van der Waals surface area (Å²) in [6.07, 6.45) is 2.38. The van der Waals surface area contributed by atoms with Crippen LogP contribution in [0.2, 0.25) is 0 Å². The van der Waals surface area contributed by atoms with Crippen molar-refractivity contribution in [2.75, 3.05) is 19.0 Å². The molecular weight excluding hydrogens is 382 g/mol. The standard InChI is InChI=1S/C19H23N3O5S/c1-13-6-4-7-14(10-13)20-18(23)16-8-5-9-22(16)28(25,26)15-11-17(19(24)27-3)21(2)12-15/h4,6-7,10-12,16H,5,8-9H2,1-3H3,(H,20,23)/t16-/m0/s1. The van der Waals surface area contributed by atoms with E-state index in [0.717, 1.165) is 5.56 Å². The molecule has 1 aliphatic heterocycles. The molecule has 2 heterocycles. The van der Waals surface area contributed by atoms with Crippen LogP contribution in [0.15, 0.2) is 41.4 Å². The van der Waals surface area contributed by atoms with E-state index in [4.69, 9.17) is 0 Å². The Morgan fingerprint density at radius 1 is 1.25 bits per heavy atom. The van der Waals surface area contributed by atoms with Crippen LogP contribution in [0.3, 0.4) is 0 Å². The van der Waals surface area contributed by atoms with E-state index < -0.39 is 22.0 Å². The Hall–Kier alpha value is -2.65. The van der Waals surface area contributed by atoms with Gasteiger partial charge in [0.05, 0.1) is 7.11 Å². The van der Waals surface area contributed by atoms with Crippen LogP contribution < -0.4 is 5.32 Å². The zero-order valence-electron chi connectivity index (χ0n) is 16.0. The number of esters is 1. The van der Waals surface area contributed by atoms with Crippen LogP contribution in [-0.4, -0.2) is 48.9 Å². The van der Waals surface area contributed by atoms with Gasteiger partial charge in [0.25, 0.3) is 0 Å². The van der Waals surface area contributed by atoms with Crippen LogP contribution in [0.1, 0.15) is 28.9 Å². The molecule has 1 N–H and O–H groups in total. The molecule has 2 aromatic rings. The number of amides is 1. The molecule has 0 unspecified atom stereocenters. The molecule has 0 spiro atoms. The third kappa shape index (κ3) is 3.81. The molecule has 1 saturated heterocycles. The lowest BCUT2D eigenvalue weighted by Gasteiger charge is -2.23. The first-order valence-corrected chi connectivity index (χ1v) is 10.3. The zero-order chi connectivity index (χ0) is 20.5. The van der Waals surface area contributed by atoms with E-state index in [9.17, 15) is 18.0 Å². The van der Waals surface area contributed by atoms with Crippen LogP contribution in [0.25, 0.3) is 0 Å². The fourth-order valence-corrected chi connectivity index (χ4v) is 5.08. The minimum absolute atomic E-state index is 0.0364. The molecule has 3 rings (SSSR count). The van der Waals surface area contributed by atoms with Crippen LogP contribution in [-0.2, 0) is 26.6 Å². The Morgan fingerprint density at radius 3 is 2.68 bits per heavy atom. The highest BCUT2D eigenvalue weighted by Crippen LogP contribution is 2.28. The Balaban J connectivity index is 1.85. The van der Waals surface area contributed by atoms with Crippen molar-refractivity contribution in [2.24, 2.45) is 7.05 Å². The van der Waals surface area contributed by atoms with Gasteiger partial charge >= 0.3 is 5.97 Å². The van der Waals surface area contributed by atoms with Crippen LogP contribution in [0.4, 0.5) is 5.69 Å². The van der Waals surface area contributed by atoms with Gasteiger partial charge in [-0.15, -0.1) is 0 Å². The third-order valence-electron chi connectivity index (χ3n) is 4.77. The number of ether oxygens (including phenoxy) is 1. The lowest BCUT2D eigenvalue weighted by molar-refractivity contribution is -0.119. The minimum atomic E-state index is -3.93. The summed E-state index contributed by atoms with van der Waals surface area (Å²) in [5.41, 5.74) is 1.75. The van der Waals surface area contributed by atoms with Gasteiger partial charge in [-0.1, -0.05) is 12.1 Å². The number of hydrogen-bond donors (Lipinski definition) is 1. The summed E-state index contributed by atoms with van der Waals surface area (Å²) < 4.78 is 33.5. The predicted molar refractivity (Wildman–Crippen MR) is 103 cm³/mol. The number of benzene rings is 1. The van der Waals surface area contributed by atoms with Crippen molar-refractivity contribution in [2.45, 2.75) is 30.7 Å². The van der Waals surface area contributed by atoms with E-state index in [-0.39, 0.29) is 23.0 Å². The summed E-state index contributed by atoms with van der Waals surface area (Å²) in [7, 11) is -1.13. The number of anilines is 1. The van der Waals surface area contributed by atoms with Crippen molar-refractivity contribution in [3.05, 3.63) is 47.8 Å². The molecule has 0 radical (unpaired) electrons. The van der Waals surface area contributed by atoms with Gasteiger partial charge in [-0.3, -0.25) is 4.79 Å². The number of hydrogen-bond acceptors (Lipinski definition) is 5. The summed E-state index contributed by atoms with van der Waals surface area (Å²) >= 11 is 0. The number of aryl methyl sites for hydroxylation is 2. The maximum absolute atomic E-state index is 13.1. The van der Waals surface area contributed by atoms with E-state index >= 15 is 0 Å². The summed E-state index contributed by atoms with van der Waals surface area (Å²) in [4.78, 5) is 24.5. The molecule has 1 atom stereocenters. The van der Waals surface area contributed by atoms with Crippen molar-refractivity contribution in [3.8, 4) is 0 Å². The van der Waals surface area contributed by atoms with Gasteiger partial charge < -0.3 is 14.6 Å². The molecule has 0 bridgehead atoms. The maximum atomic E-state index is 13.1. The quantitative estimate of drug-likeness (QED) is 0.767. The largest absolute Gasteiger partial charge is 0.464 e. The third-order valence-corrected chi connectivity index (χ3v) is 6.65. The molecule has 9 heteroatoms. The average molecular weight is 405 g/mol. The van der Waals surface area contributed by atoms with Gasteiger partial charge in [0.1, 0.15) is 16.6 Å². The molecule has 8 nitrogen and oxygen atoms in total. The first-order valence-electron chi connectivity index (χ1n) is 8.88. The normalized spacial score (nSPS) is 17.5. The van der Waals surface area contributed by atoms with Crippen LogP contribution in [0.5, 0.6) is 0 Å². The van der Waals surface area contributed by atoms with Gasteiger partial charge in [0.15, 0.2) is 0 Å². The SMILES string of the molecule is COC(=O)c1cc(S(=O)(=O)N2CCC[C@H]2C(=O)Nc2cccc(C)c2)cn1C. The Labute approximate surface area is 164 Å². The molecule has 1 aliphatic rings. The minimum Gasteiger partial charge on any atom is -0.464 e. The second-order valence-electron chi connectivity index (χ2n) is 6.80. The van der Waals surface area contributed by atoms with Crippen molar-refractivity contribution in [3.63, 3.8) is 0 Å². The molecule has 1 aromatic heterocycles. The van der Waals surface area contributed by atoms with Gasteiger partial charge in [-0.2, -0.15) is 4.31 Å². The summed E-state index contributed by atoms with van der Waals surface area (Å²) in [6.45, 7) is 2.16. The predicted octanol–water partition coefficient (Wildman–Crippen LogP) is 1.91. The number of carbonyl (C=O) groups excluding carboxylic acids is 2. The van der Waals surface area contributed by atoms with Crippen LogP contribution >= 0.6 is 0 Å². The lowest BCUT2D eigenvalue weighted by atomic mass is 10.2. The second kappa shape index (κ2) is 7.76. The topological polar surface area (TPSA) is 97.7 Å². The zero-order valence-corrected chi connectivity index (χ0v) is 16.8.